The molecule has 0 fully saturated rings. The average Bonchev–Trinajstić information content (AvgIpc) is 3.10. The number of nitrogens with zero attached hydrogens (tertiary/aromatic N) is 1. The van der Waals surface area contributed by atoms with Crippen molar-refractivity contribution in [2.75, 3.05) is 19.8 Å². The SMILES string of the molecule is O=S(=O)(c1ccc2c(c1)OCCCO2)N1CCc2sccc2[C@@H]1c1ccccc1. The Morgan fingerprint density at radius 1 is 0.966 bits per heavy atom. The molecule has 1 atom stereocenters. The van der Waals surface area contributed by atoms with Crippen molar-refractivity contribution in [2.24, 2.45) is 0 Å². The number of hydrogen-bond acceptors (Lipinski definition) is 5. The molecule has 0 aliphatic carbocycles. The number of fused-ring (bicyclic) bond motifs is 2. The molecule has 2 aromatic carbocycles. The van der Waals surface area contributed by atoms with Gasteiger partial charge in [0.2, 0.25) is 10.0 Å². The van der Waals surface area contributed by atoms with Crippen molar-refractivity contribution in [3.05, 3.63) is 76.0 Å². The average molecular weight is 428 g/mol. The highest BCUT2D eigenvalue weighted by Crippen LogP contribution is 2.41. The summed E-state index contributed by atoms with van der Waals surface area (Å²) in [7, 11) is -3.72. The zero-order valence-electron chi connectivity index (χ0n) is 15.8. The summed E-state index contributed by atoms with van der Waals surface area (Å²) in [6.45, 7) is 1.54. The number of thiophene rings is 1. The molecule has 0 bridgehead atoms. The van der Waals surface area contributed by atoms with Gasteiger partial charge in [-0.15, -0.1) is 11.3 Å². The van der Waals surface area contributed by atoms with E-state index in [2.05, 4.69) is 0 Å². The smallest absolute Gasteiger partial charge is 0.244 e. The molecule has 0 amide bonds. The lowest BCUT2D eigenvalue weighted by atomic mass is 9.95. The Hall–Kier alpha value is -2.35. The van der Waals surface area contributed by atoms with E-state index in [4.69, 9.17) is 9.47 Å². The summed E-state index contributed by atoms with van der Waals surface area (Å²) in [6, 6.07) is 16.5. The molecule has 3 heterocycles. The molecule has 0 saturated heterocycles. The Morgan fingerprint density at radius 2 is 1.76 bits per heavy atom. The molecule has 2 aliphatic heterocycles. The fourth-order valence-corrected chi connectivity index (χ4v) is 6.49. The Labute approximate surface area is 174 Å². The second kappa shape index (κ2) is 7.48. The van der Waals surface area contributed by atoms with Crippen molar-refractivity contribution in [2.45, 2.75) is 23.8 Å². The van der Waals surface area contributed by atoms with E-state index in [1.165, 1.54) is 4.88 Å². The van der Waals surface area contributed by atoms with Crippen LogP contribution < -0.4 is 9.47 Å². The molecule has 3 aromatic rings. The van der Waals surface area contributed by atoms with Crippen molar-refractivity contribution in [3.63, 3.8) is 0 Å². The number of hydrogen-bond donors (Lipinski definition) is 0. The molecular formula is C22H21NO4S2. The van der Waals surface area contributed by atoms with Gasteiger partial charge in [0.1, 0.15) is 0 Å². The van der Waals surface area contributed by atoms with Gasteiger partial charge in [-0.2, -0.15) is 4.31 Å². The summed E-state index contributed by atoms with van der Waals surface area (Å²) in [5.41, 5.74) is 2.05. The molecule has 0 spiro atoms. The van der Waals surface area contributed by atoms with E-state index in [1.807, 2.05) is 41.8 Å². The topological polar surface area (TPSA) is 55.8 Å². The molecule has 1 aromatic heterocycles. The third-order valence-electron chi connectivity index (χ3n) is 5.36. The van der Waals surface area contributed by atoms with Crippen LogP contribution >= 0.6 is 11.3 Å². The third-order valence-corrected chi connectivity index (χ3v) is 8.22. The molecule has 29 heavy (non-hydrogen) atoms. The summed E-state index contributed by atoms with van der Waals surface area (Å²) in [6.07, 6.45) is 1.50. The molecule has 0 N–H and O–H groups in total. The number of rotatable bonds is 3. The molecule has 5 rings (SSSR count). The molecule has 2 aliphatic rings. The van der Waals surface area contributed by atoms with Gasteiger partial charge in [-0.3, -0.25) is 0 Å². The quantitative estimate of drug-likeness (QED) is 0.627. The standard InChI is InChI=1S/C22H21NO4S2/c24-29(25,17-7-8-19-20(15-17)27-13-4-12-26-19)23-11-9-21-18(10-14-28-21)22(23)16-5-2-1-3-6-16/h1-3,5-8,10,14-15,22H,4,9,11-13H2/t22-/m0/s1. The van der Waals surface area contributed by atoms with E-state index < -0.39 is 10.0 Å². The van der Waals surface area contributed by atoms with Crippen LogP contribution in [-0.2, 0) is 16.4 Å². The predicted molar refractivity (Wildman–Crippen MR) is 112 cm³/mol. The molecule has 7 heteroatoms. The van der Waals surface area contributed by atoms with E-state index in [-0.39, 0.29) is 10.9 Å². The van der Waals surface area contributed by atoms with E-state index >= 15 is 0 Å². The second-order valence-electron chi connectivity index (χ2n) is 7.14. The fraction of sp³-hybridized carbons (Fsp3) is 0.273. The largest absolute Gasteiger partial charge is 0.490 e. The van der Waals surface area contributed by atoms with Crippen molar-refractivity contribution < 1.29 is 17.9 Å². The number of ether oxygens (including phenoxy) is 2. The van der Waals surface area contributed by atoms with Crippen molar-refractivity contribution in [1.29, 1.82) is 0 Å². The first-order valence-electron chi connectivity index (χ1n) is 9.67. The predicted octanol–water partition coefficient (Wildman–Crippen LogP) is 4.25. The number of benzene rings is 2. The van der Waals surface area contributed by atoms with Gasteiger partial charge >= 0.3 is 0 Å². The van der Waals surface area contributed by atoms with Crippen LogP contribution in [0.3, 0.4) is 0 Å². The Morgan fingerprint density at radius 3 is 2.59 bits per heavy atom. The fourth-order valence-electron chi connectivity index (χ4n) is 3.97. The van der Waals surface area contributed by atoms with E-state index in [0.717, 1.165) is 24.0 Å². The second-order valence-corrected chi connectivity index (χ2v) is 10.0. The van der Waals surface area contributed by atoms with Gasteiger partial charge in [0.25, 0.3) is 0 Å². The van der Waals surface area contributed by atoms with Crippen LogP contribution in [0.1, 0.15) is 28.5 Å². The van der Waals surface area contributed by atoms with Crippen LogP contribution in [0.15, 0.2) is 64.9 Å². The van der Waals surface area contributed by atoms with Crippen LogP contribution in [0.2, 0.25) is 0 Å². The highest BCUT2D eigenvalue weighted by Gasteiger charge is 2.38. The summed E-state index contributed by atoms with van der Waals surface area (Å²) in [5.74, 6) is 1.09. The highest BCUT2D eigenvalue weighted by molar-refractivity contribution is 7.89. The minimum atomic E-state index is -3.72. The first kappa shape index (κ1) is 18.7. The molecule has 0 unspecified atom stereocenters. The normalized spacial score (nSPS) is 19.4. The third kappa shape index (κ3) is 3.33. The van der Waals surface area contributed by atoms with E-state index in [0.29, 0.717) is 31.3 Å². The van der Waals surface area contributed by atoms with E-state index in [9.17, 15) is 8.42 Å². The van der Waals surface area contributed by atoms with Crippen molar-refractivity contribution in [3.8, 4) is 11.5 Å². The van der Waals surface area contributed by atoms with Crippen molar-refractivity contribution >= 4 is 21.4 Å². The Kier molecular flexibility index (Phi) is 4.81. The van der Waals surface area contributed by atoms with Crippen LogP contribution in [0.5, 0.6) is 11.5 Å². The summed E-state index contributed by atoms with van der Waals surface area (Å²) < 4.78 is 40.4. The molecule has 150 valence electrons. The van der Waals surface area contributed by atoms with Gasteiger partial charge in [0.05, 0.1) is 24.2 Å². The first-order valence-corrected chi connectivity index (χ1v) is 12.0. The van der Waals surface area contributed by atoms with Crippen LogP contribution in [-0.4, -0.2) is 32.5 Å². The summed E-state index contributed by atoms with van der Waals surface area (Å²) >= 11 is 1.70. The van der Waals surface area contributed by atoms with Crippen LogP contribution in [0.4, 0.5) is 0 Å². The number of sulfonamides is 1. The Balaban J connectivity index is 1.59. The van der Waals surface area contributed by atoms with Crippen molar-refractivity contribution in [1.82, 2.24) is 4.31 Å². The van der Waals surface area contributed by atoms with E-state index in [1.54, 1.807) is 33.8 Å². The van der Waals surface area contributed by atoms with Crippen LogP contribution in [0.25, 0.3) is 0 Å². The van der Waals surface area contributed by atoms with Gasteiger partial charge in [-0.25, -0.2) is 8.42 Å². The lowest BCUT2D eigenvalue weighted by molar-refractivity contribution is 0.296. The lowest BCUT2D eigenvalue weighted by Gasteiger charge is -2.35. The van der Waals surface area contributed by atoms with Crippen LogP contribution in [0, 0.1) is 0 Å². The molecule has 0 radical (unpaired) electrons. The zero-order chi connectivity index (χ0) is 19.8. The first-order chi connectivity index (χ1) is 14.1. The van der Waals surface area contributed by atoms with Gasteiger partial charge in [0, 0.05) is 23.9 Å². The van der Waals surface area contributed by atoms with Gasteiger partial charge in [-0.1, -0.05) is 30.3 Å². The molecule has 5 nitrogen and oxygen atoms in total. The minimum Gasteiger partial charge on any atom is -0.490 e. The molecular weight excluding hydrogens is 406 g/mol. The Bertz CT molecular complexity index is 1120. The molecule has 0 saturated carbocycles. The lowest BCUT2D eigenvalue weighted by Crippen LogP contribution is -2.40. The summed E-state index contributed by atoms with van der Waals surface area (Å²) in [5, 5.41) is 2.05. The maximum atomic E-state index is 13.7. The zero-order valence-corrected chi connectivity index (χ0v) is 17.4. The summed E-state index contributed by atoms with van der Waals surface area (Å²) in [4.78, 5) is 1.49. The van der Waals surface area contributed by atoms with Gasteiger partial charge in [-0.05, 0) is 41.1 Å². The monoisotopic (exact) mass is 427 g/mol. The van der Waals surface area contributed by atoms with Gasteiger partial charge < -0.3 is 9.47 Å². The highest BCUT2D eigenvalue weighted by atomic mass is 32.2. The maximum absolute atomic E-state index is 13.7. The van der Waals surface area contributed by atoms with Gasteiger partial charge in [0.15, 0.2) is 11.5 Å². The maximum Gasteiger partial charge on any atom is 0.244 e. The minimum absolute atomic E-state index is 0.237.